The Morgan fingerprint density at radius 2 is 2.15 bits per heavy atom. The van der Waals surface area contributed by atoms with E-state index in [2.05, 4.69) is 39.7 Å². The second-order valence-electron chi connectivity index (χ2n) is 6.48. The molecule has 0 radical (unpaired) electrons. The molecule has 4 rings (SSSR count). The van der Waals surface area contributed by atoms with E-state index in [9.17, 15) is 9.18 Å². The third kappa shape index (κ3) is 2.99. The normalized spacial score (nSPS) is 16.8. The number of aromatic nitrogens is 1. The molecular weight excluding hydrogens is 349 g/mol. The van der Waals surface area contributed by atoms with Gasteiger partial charge in [0.1, 0.15) is 5.82 Å². The number of halogens is 1. The Hall–Kier alpha value is -2.31. The second-order valence-corrected chi connectivity index (χ2v) is 7.57. The maximum Gasteiger partial charge on any atom is 0.221 e. The van der Waals surface area contributed by atoms with Gasteiger partial charge in [0.25, 0.3) is 0 Å². The van der Waals surface area contributed by atoms with Crippen molar-refractivity contribution in [2.45, 2.75) is 24.3 Å². The predicted octanol–water partition coefficient (Wildman–Crippen LogP) is 4.49. The lowest BCUT2D eigenvalue weighted by Crippen LogP contribution is -2.24. The molecule has 1 aliphatic rings. The first-order valence-corrected chi connectivity index (χ1v) is 9.40. The van der Waals surface area contributed by atoms with Gasteiger partial charge in [-0.15, -0.1) is 0 Å². The van der Waals surface area contributed by atoms with Crippen molar-refractivity contribution in [3.05, 3.63) is 54.0 Å². The van der Waals surface area contributed by atoms with Crippen molar-refractivity contribution in [1.29, 1.82) is 0 Å². The Kier molecular flexibility index (Phi) is 4.46. The van der Waals surface area contributed by atoms with Gasteiger partial charge in [-0.05, 0) is 60.3 Å². The average Bonchev–Trinajstić information content (AvgIpc) is 3.20. The van der Waals surface area contributed by atoms with Gasteiger partial charge < -0.3 is 10.3 Å². The Morgan fingerprint density at radius 1 is 1.31 bits per heavy atom. The van der Waals surface area contributed by atoms with Gasteiger partial charge in [-0.25, -0.2) is 8.70 Å². The van der Waals surface area contributed by atoms with Crippen molar-refractivity contribution in [2.75, 3.05) is 13.6 Å². The highest BCUT2D eigenvalue weighted by Gasteiger charge is 2.28. The molecule has 0 spiro atoms. The number of H-pyrrole nitrogens is 1. The summed E-state index contributed by atoms with van der Waals surface area (Å²) in [4.78, 5) is 15.9. The molecule has 0 saturated heterocycles. The minimum Gasteiger partial charge on any atom is -0.360 e. The van der Waals surface area contributed by atoms with Crippen molar-refractivity contribution in [3.8, 4) is 11.1 Å². The summed E-state index contributed by atoms with van der Waals surface area (Å²) in [5.41, 5.74) is 4.25. The molecule has 2 N–H and O–H groups in total. The molecule has 1 unspecified atom stereocenters. The minimum absolute atomic E-state index is 0.0560. The van der Waals surface area contributed by atoms with Crippen molar-refractivity contribution >= 4 is 28.8 Å². The lowest BCUT2D eigenvalue weighted by Gasteiger charge is -2.19. The molecule has 2 aromatic carbocycles. The average molecular weight is 369 g/mol. The van der Waals surface area contributed by atoms with Crippen LogP contribution in [0.1, 0.15) is 24.9 Å². The Bertz CT molecular complexity index is 984. The van der Waals surface area contributed by atoms with E-state index in [1.165, 1.54) is 22.6 Å². The number of aromatic amines is 1. The van der Waals surface area contributed by atoms with Gasteiger partial charge in [0.2, 0.25) is 5.91 Å². The molecule has 0 aliphatic carbocycles. The first-order valence-electron chi connectivity index (χ1n) is 8.63. The fourth-order valence-electron chi connectivity index (χ4n) is 3.40. The quantitative estimate of drug-likeness (QED) is 0.666. The molecular formula is C20H20FN3OS. The maximum absolute atomic E-state index is 13.4. The maximum atomic E-state index is 13.4. The summed E-state index contributed by atoms with van der Waals surface area (Å²) in [5.74, 6) is -0.183. The number of amides is 1. The number of hydrogen-bond acceptors (Lipinski definition) is 3. The Labute approximate surface area is 155 Å². The van der Waals surface area contributed by atoms with Gasteiger partial charge in [-0.1, -0.05) is 6.07 Å². The first kappa shape index (κ1) is 17.1. The van der Waals surface area contributed by atoms with Gasteiger partial charge in [0, 0.05) is 53.6 Å². The van der Waals surface area contributed by atoms with Crippen LogP contribution in [0.2, 0.25) is 0 Å². The molecule has 134 valence electrons. The molecule has 1 amide bonds. The van der Waals surface area contributed by atoms with Gasteiger partial charge in [-0.3, -0.25) is 4.79 Å². The zero-order valence-corrected chi connectivity index (χ0v) is 15.5. The molecule has 1 aliphatic heterocycles. The molecule has 26 heavy (non-hydrogen) atoms. The van der Waals surface area contributed by atoms with Gasteiger partial charge in [0.05, 0.1) is 0 Å². The largest absolute Gasteiger partial charge is 0.360 e. The highest BCUT2D eigenvalue weighted by molar-refractivity contribution is 7.97. The highest BCUT2D eigenvalue weighted by Crippen LogP contribution is 2.45. The van der Waals surface area contributed by atoms with Crippen LogP contribution in [0, 0.1) is 5.82 Å². The molecule has 4 nitrogen and oxygen atoms in total. The number of rotatable bonds is 4. The fourth-order valence-corrected chi connectivity index (χ4v) is 4.57. The number of nitrogens with zero attached hydrogens (tertiary/aromatic N) is 1. The number of carbonyl (C=O) groups excluding carboxylic acids is 1. The van der Waals surface area contributed by atoms with Crippen molar-refractivity contribution in [1.82, 2.24) is 14.6 Å². The van der Waals surface area contributed by atoms with Crippen molar-refractivity contribution < 1.29 is 9.18 Å². The molecule has 1 aromatic heterocycles. The zero-order chi connectivity index (χ0) is 18.3. The molecule has 2 heterocycles. The molecule has 0 bridgehead atoms. The lowest BCUT2D eigenvalue weighted by molar-refractivity contribution is -0.120. The van der Waals surface area contributed by atoms with E-state index in [0.717, 1.165) is 22.0 Å². The monoisotopic (exact) mass is 369 g/mol. The van der Waals surface area contributed by atoms with E-state index in [1.807, 2.05) is 12.3 Å². The standard InChI is InChI=1S/C20H20FN3OS/c1-12-16-9-13(17-11-23-18-10-14(21)4-5-15(17)18)3-6-19(16)26-24(12)8-7-20(25)22-2/h3-6,9-12,23H,7-8H2,1-2H3,(H,22,25). The van der Waals surface area contributed by atoms with E-state index in [4.69, 9.17) is 0 Å². The van der Waals surface area contributed by atoms with Crippen LogP contribution in [-0.2, 0) is 4.79 Å². The van der Waals surface area contributed by atoms with E-state index in [-0.39, 0.29) is 17.8 Å². The van der Waals surface area contributed by atoms with E-state index < -0.39 is 0 Å². The number of nitrogens with one attached hydrogen (secondary N) is 2. The number of fused-ring (bicyclic) bond motifs is 2. The molecule has 6 heteroatoms. The molecule has 1 atom stereocenters. The Balaban J connectivity index is 1.63. The van der Waals surface area contributed by atoms with Gasteiger partial charge in [-0.2, -0.15) is 0 Å². The van der Waals surface area contributed by atoms with Crippen molar-refractivity contribution in [2.24, 2.45) is 0 Å². The van der Waals surface area contributed by atoms with E-state index in [1.54, 1.807) is 19.0 Å². The van der Waals surface area contributed by atoms with E-state index >= 15 is 0 Å². The van der Waals surface area contributed by atoms with Gasteiger partial charge in [0.15, 0.2) is 0 Å². The zero-order valence-electron chi connectivity index (χ0n) is 14.7. The lowest BCUT2D eigenvalue weighted by atomic mass is 9.99. The summed E-state index contributed by atoms with van der Waals surface area (Å²) in [7, 11) is 1.66. The summed E-state index contributed by atoms with van der Waals surface area (Å²) < 4.78 is 15.7. The first-order chi connectivity index (χ1) is 12.6. The molecule has 0 fully saturated rings. The summed E-state index contributed by atoms with van der Waals surface area (Å²) in [5, 5.41) is 3.68. The number of benzene rings is 2. The van der Waals surface area contributed by atoms with Crippen LogP contribution < -0.4 is 5.32 Å². The second kappa shape index (κ2) is 6.78. The smallest absolute Gasteiger partial charge is 0.221 e. The minimum atomic E-state index is -0.239. The molecule has 0 saturated carbocycles. The topological polar surface area (TPSA) is 48.1 Å². The molecule has 3 aromatic rings. The number of carbonyl (C=O) groups is 1. The van der Waals surface area contributed by atoms with Gasteiger partial charge >= 0.3 is 0 Å². The van der Waals surface area contributed by atoms with Crippen LogP contribution in [0.3, 0.4) is 0 Å². The predicted molar refractivity (Wildman–Crippen MR) is 103 cm³/mol. The van der Waals surface area contributed by atoms with Crippen LogP contribution in [0.5, 0.6) is 0 Å². The van der Waals surface area contributed by atoms with Crippen molar-refractivity contribution in [3.63, 3.8) is 0 Å². The summed E-state index contributed by atoms with van der Waals surface area (Å²) >= 11 is 1.70. The van der Waals surface area contributed by atoms with Crippen LogP contribution in [0.15, 0.2) is 47.5 Å². The summed E-state index contributed by atoms with van der Waals surface area (Å²) in [6.45, 7) is 2.87. The van der Waals surface area contributed by atoms with Crippen LogP contribution in [0.25, 0.3) is 22.0 Å². The van der Waals surface area contributed by atoms with Crippen LogP contribution in [-0.4, -0.2) is 28.8 Å². The third-order valence-corrected chi connectivity index (χ3v) is 6.20. The summed E-state index contributed by atoms with van der Waals surface area (Å²) in [6.07, 6.45) is 2.42. The summed E-state index contributed by atoms with van der Waals surface area (Å²) in [6, 6.07) is 11.5. The van der Waals surface area contributed by atoms with E-state index in [0.29, 0.717) is 13.0 Å². The van der Waals surface area contributed by atoms with Crippen LogP contribution >= 0.6 is 11.9 Å². The van der Waals surface area contributed by atoms with Crippen LogP contribution in [0.4, 0.5) is 4.39 Å². The number of hydrogen-bond donors (Lipinski definition) is 2. The fraction of sp³-hybridized carbons (Fsp3) is 0.250. The highest BCUT2D eigenvalue weighted by atomic mass is 32.2. The third-order valence-electron chi connectivity index (χ3n) is 4.90. The SMILES string of the molecule is CNC(=O)CCN1Sc2ccc(-c3c[nH]c4cc(F)ccc34)cc2C1C. The Morgan fingerprint density at radius 3 is 2.96 bits per heavy atom.